The molecule has 1 aliphatic carbocycles. The Bertz CT molecular complexity index is 569. The molecule has 1 fully saturated rings. The Morgan fingerprint density at radius 1 is 1.33 bits per heavy atom. The van der Waals surface area contributed by atoms with Crippen LogP contribution < -0.4 is 4.90 Å². The van der Waals surface area contributed by atoms with Crippen molar-refractivity contribution < 1.29 is 9.50 Å². The van der Waals surface area contributed by atoms with Crippen LogP contribution in [0.5, 0.6) is 0 Å². The molecule has 3 nitrogen and oxygen atoms in total. The standard InChI is InChI=1S/C14H15FN2O/c15-10-1-4-12-13(9-10)16-6-5-14(12)17(7-8-18)11-2-3-11/h1,4-6,9,11,18H,2-3,7-8H2. The Labute approximate surface area is 105 Å². The van der Waals surface area contributed by atoms with Crippen LogP contribution in [0.4, 0.5) is 10.1 Å². The summed E-state index contributed by atoms with van der Waals surface area (Å²) >= 11 is 0. The van der Waals surface area contributed by atoms with E-state index in [-0.39, 0.29) is 12.4 Å². The van der Waals surface area contributed by atoms with E-state index in [1.165, 1.54) is 12.1 Å². The molecule has 1 N–H and O–H groups in total. The van der Waals surface area contributed by atoms with Crippen LogP contribution in [-0.4, -0.2) is 29.3 Å². The second kappa shape index (κ2) is 4.53. The maximum absolute atomic E-state index is 13.2. The first-order valence-corrected chi connectivity index (χ1v) is 6.21. The number of rotatable bonds is 4. The summed E-state index contributed by atoms with van der Waals surface area (Å²) in [6.45, 7) is 0.739. The highest BCUT2D eigenvalue weighted by Crippen LogP contribution is 2.34. The number of aliphatic hydroxyl groups is 1. The van der Waals surface area contributed by atoms with Crippen LogP contribution in [-0.2, 0) is 0 Å². The van der Waals surface area contributed by atoms with Gasteiger partial charge in [-0.1, -0.05) is 0 Å². The lowest BCUT2D eigenvalue weighted by Crippen LogP contribution is -2.29. The average Bonchev–Trinajstić information content (AvgIpc) is 3.19. The molecule has 1 aliphatic rings. The van der Waals surface area contributed by atoms with Crippen molar-refractivity contribution in [3.05, 3.63) is 36.3 Å². The van der Waals surface area contributed by atoms with E-state index in [9.17, 15) is 9.50 Å². The van der Waals surface area contributed by atoms with Crippen molar-refractivity contribution in [2.45, 2.75) is 18.9 Å². The van der Waals surface area contributed by atoms with E-state index in [2.05, 4.69) is 9.88 Å². The third-order valence-electron chi connectivity index (χ3n) is 3.32. The first-order chi connectivity index (χ1) is 8.79. The van der Waals surface area contributed by atoms with E-state index >= 15 is 0 Å². The molecule has 0 radical (unpaired) electrons. The van der Waals surface area contributed by atoms with Gasteiger partial charge in [-0.3, -0.25) is 4.98 Å². The van der Waals surface area contributed by atoms with Gasteiger partial charge in [-0.25, -0.2) is 4.39 Å². The fourth-order valence-corrected chi connectivity index (χ4v) is 2.35. The predicted molar refractivity (Wildman–Crippen MR) is 69.2 cm³/mol. The van der Waals surface area contributed by atoms with Gasteiger partial charge in [0.25, 0.3) is 0 Å². The zero-order valence-electron chi connectivity index (χ0n) is 10.0. The Hall–Kier alpha value is -1.68. The molecule has 2 aromatic rings. The van der Waals surface area contributed by atoms with Crippen molar-refractivity contribution in [3.8, 4) is 0 Å². The van der Waals surface area contributed by atoms with Gasteiger partial charge < -0.3 is 10.0 Å². The summed E-state index contributed by atoms with van der Waals surface area (Å²) in [4.78, 5) is 6.39. The third kappa shape index (κ3) is 2.04. The topological polar surface area (TPSA) is 36.4 Å². The van der Waals surface area contributed by atoms with Gasteiger partial charge in [-0.2, -0.15) is 0 Å². The van der Waals surface area contributed by atoms with Gasteiger partial charge in [-0.05, 0) is 31.0 Å². The van der Waals surface area contributed by atoms with E-state index in [0.717, 1.165) is 23.9 Å². The maximum Gasteiger partial charge on any atom is 0.125 e. The summed E-state index contributed by atoms with van der Waals surface area (Å²) in [5.41, 5.74) is 1.70. The third-order valence-corrected chi connectivity index (χ3v) is 3.32. The van der Waals surface area contributed by atoms with Crippen molar-refractivity contribution in [3.63, 3.8) is 0 Å². The molecule has 1 heterocycles. The van der Waals surface area contributed by atoms with Crippen molar-refractivity contribution in [2.75, 3.05) is 18.1 Å². The van der Waals surface area contributed by atoms with Gasteiger partial charge in [0.05, 0.1) is 12.1 Å². The van der Waals surface area contributed by atoms with Crippen LogP contribution >= 0.6 is 0 Å². The predicted octanol–water partition coefficient (Wildman–Crippen LogP) is 2.33. The molecule has 1 aromatic carbocycles. The highest BCUT2D eigenvalue weighted by Gasteiger charge is 2.29. The molecule has 94 valence electrons. The normalized spacial score (nSPS) is 15.0. The molecule has 0 saturated heterocycles. The number of fused-ring (bicyclic) bond motifs is 1. The summed E-state index contributed by atoms with van der Waals surface area (Å²) in [7, 11) is 0. The van der Waals surface area contributed by atoms with Crippen molar-refractivity contribution >= 4 is 16.6 Å². The number of aliphatic hydroxyl groups excluding tert-OH is 1. The van der Waals surface area contributed by atoms with Gasteiger partial charge in [0, 0.05) is 35.9 Å². The van der Waals surface area contributed by atoms with Crippen LogP contribution in [0, 0.1) is 5.82 Å². The number of hydrogen-bond acceptors (Lipinski definition) is 3. The number of aromatic nitrogens is 1. The number of halogens is 1. The number of hydrogen-bond donors (Lipinski definition) is 1. The molecule has 0 aliphatic heterocycles. The minimum atomic E-state index is -0.271. The molecule has 1 saturated carbocycles. The van der Waals surface area contributed by atoms with Gasteiger partial charge in [-0.15, -0.1) is 0 Å². The Morgan fingerprint density at radius 3 is 2.89 bits per heavy atom. The Morgan fingerprint density at radius 2 is 2.17 bits per heavy atom. The minimum Gasteiger partial charge on any atom is -0.395 e. The molecule has 3 rings (SSSR count). The lowest BCUT2D eigenvalue weighted by atomic mass is 10.1. The maximum atomic E-state index is 13.2. The average molecular weight is 246 g/mol. The first-order valence-electron chi connectivity index (χ1n) is 6.21. The summed E-state index contributed by atoms with van der Waals surface area (Å²) < 4.78 is 13.2. The van der Waals surface area contributed by atoms with E-state index in [4.69, 9.17) is 0 Å². The van der Waals surface area contributed by atoms with Crippen LogP contribution in [0.25, 0.3) is 10.9 Å². The highest BCUT2D eigenvalue weighted by atomic mass is 19.1. The molecular formula is C14H15FN2O. The van der Waals surface area contributed by atoms with Gasteiger partial charge in [0.2, 0.25) is 0 Å². The molecular weight excluding hydrogens is 231 g/mol. The number of benzene rings is 1. The summed E-state index contributed by atoms with van der Waals surface area (Å²) in [6, 6.07) is 7.11. The first kappa shape index (κ1) is 11.4. The summed E-state index contributed by atoms with van der Waals surface area (Å²) in [6.07, 6.45) is 4.01. The van der Waals surface area contributed by atoms with E-state index in [1.54, 1.807) is 12.3 Å². The molecule has 1 aromatic heterocycles. The van der Waals surface area contributed by atoms with E-state index < -0.39 is 0 Å². The smallest absolute Gasteiger partial charge is 0.125 e. The molecule has 0 bridgehead atoms. The zero-order chi connectivity index (χ0) is 12.5. The lowest BCUT2D eigenvalue weighted by molar-refractivity contribution is 0.301. The quantitative estimate of drug-likeness (QED) is 0.899. The van der Waals surface area contributed by atoms with Crippen molar-refractivity contribution in [2.24, 2.45) is 0 Å². The van der Waals surface area contributed by atoms with Crippen molar-refractivity contribution in [1.82, 2.24) is 4.98 Å². The molecule has 18 heavy (non-hydrogen) atoms. The Balaban J connectivity index is 2.09. The fraction of sp³-hybridized carbons (Fsp3) is 0.357. The summed E-state index contributed by atoms with van der Waals surface area (Å²) in [5.74, 6) is -0.271. The molecule has 0 unspecified atom stereocenters. The summed E-state index contributed by atoms with van der Waals surface area (Å²) in [5, 5.41) is 10.1. The van der Waals surface area contributed by atoms with Gasteiger partial charge in [0.15, 0.2) is 0 Å². The molecule has 4 heteroatoms. The monoisotopic (exact) mass is 246 g/mol. The second-order valence-corrected chi connectivity index (χ2v) is 4.64. The number of pyridine rings is 1. The molecule has 0 spiro atoms. The number of anilines is 1. The fourth-order valence-electron chi connectivity index (χ4n) is 2.35. The van der Waals surface area contributed by atoms with Crippen LogP contribution in [0.15, 0.2) is 30.5 Å². The Kier molecular flexibility index (Phi) is 2.88. The van der Waals surface area contributed by atoms with E-state index in [1.807, 2.05) is 6.07 Å². The zero-order valence-corrected chi connectivity index (χ0v) is 10.0. The highest BCUT2D eigenvalue weighted by molar-refractivity contribution is 5.91. The van der Waals surface area contributed by atoms with Gasteiger partial charge in [0.1, 0.15) is 5.82 Å². The van der Waals surface area contributed by atoms with Crippen molar-refractivity contribution in [1.29, 1.82) is 0 Å². The SMILES string of the molecule is OCCN(c1ccnc2cc(F)ccc12)C1CC1. The van der Waals surface area contributed by atoms with Crippen LogP contribution in [0.2, 0.25) is 0 Å². The second-order valence-electron chi connectivity index (χ2n) is 4.64. The molecule has 0 atom stereocenters. The van der Waals surface area contributed by atoms with Crippen LogP contribution in [0.1, 0.15) is 12.8 Å². The largest absolute Gasteiger partial charge is 0.395 e. The van der Waals surface area contributed by atoms with E-state index in [0.29, 0.717) is 18.1 Å². The number of nitrogens with zero attached hydrogens (tertiary/aromatic N) is 2. The molecule has 0 amide bonds. The van der Waals surface area contributed by atoms with Crippen LogP contribution in [0.3, 0.4) is 0 Å². The van der Waals surface area contributed by atoms with Gasteiger partial charge >= 0.3 is 0 Å². The minimum absolute atomic E-state index is 0.126. The lowest BCUT2D eigenvalue weighted by Gasteiger charge is -2.25.